The molecule has 6 nitrogen and oxygen atoms in total. The summed E-state index contributed by atoms with van der Waals surface area (Å²) >= 11 is 6.06. The van der Waals surface area contributed by atoms with Crippen LogP contribution in [0.25, 0.3) is 0 Å². The fourth-order valence-electron chi connectivity index (χ4n) is 2.27. The number of halogens is 1. The van der Waals surface area contributed by atoms with Crippen LogP contribution in [0.15, 0.2) is 23.1 Å². The summed E-state index contributed by atoms with van der Waals surface area (Å²) in [4.78, 5) is 11.4. The van der Waals surface area contributed by atoms with Crippen LogP contribution >= 0.6 is 11.6 Å². The van der Waals surface area contributed by atoms with Crippen LogP contribution in [0.5, 0.6) is 0 Å². The van der Waals surface area contributed by atoms with Gasteiger partial charge in [0.05, 0.1) is 29.9 Å². The minimum atomic E-state index is -3.74. The summed E-state index contributed by atoms with van der Waals surface area (Å²) in [6, 6.07) is 4.01. The van der Waals surface area contributed by atoms with Gasteiger partial charge in [0.2, 0.25) is 10.0 Å². The lowest BCUT2D eigenvalue weighted by atomic mass is 10.1. The molecule has 0 N–H and O–H groups in total. The summed E-state index contributed by atoms with van der Waals surface area (Å²) < 4.78 is 36.9. The average molecular weight is 348 g/mol. The largest absolute Gasteiger partial charge is 0.465 e. The Morgan fingerprint density at radius 3 is 2.64 bits per heavy atom. The summed E-state index contributed by atoms with van der Waals surface area (Å²) in [6.45, 7) is 4.49. The quantitative estimate of drug-likeness (QED) is 0.781. The van der Waals surface area contributed by atoms with Crippen LogP contribution in [0.2, 0.25) is 5.02 Å². The lowest BCUT2D eigenvalue weighted by Gasteiger charge is -2.37. The summed E-state index contributed by atoms with van der Waals surface area (Å²) in [5.41, 5.74) is -0.349. The highest BCUT2D eigenvalue weighted by Crippen LogP contribution is 2.29. The van der Waals surface area contributed by atoms with Gasteiger partial charge in [0.25, 0.3) is 0 Å². The molecule has 0 spiro atoms. The van der Waals surface area contributed by atoms with Crippen molar-refractivity contribution in [3.8, 4) is 0 Å². The molecule has 0 unspecified atom stereocenters. The first-order valence-electron chi connectivity index (χ1n) is 6.69. The Hall–Kier alpha value is -1.15. The number of hydrogen-bond acceptors (Lipinski definition) is 5. The monoisotopic (exact) mass is 347 g/mol. The Bertz CT molecular complexity index is 686. The third-order valence-electron chi connectivity index (χ3n) is 3.36. The number of benzene rings is 1. The van der Waals surface area contributed by atoms with Gasteiger partial charge < -0.3 is 9.47 Å². The molecule has 0 bridgehead atoms. The number of carbonyl (C=O) groups is 1. The molecule has 1 aliphatic heterocycles. The van der Waals surface area contributed by atoms with Gasteiger partial charge in [0.1, 0.15) is 4.90 Å². The number of carbonyl (C=O) groups excluding carboxylic acids is 1. The first kappa shape index (κ1) is 17.2. The molecule has 0 saturated carbocycles. The van der Waals surface area contributed by atoms with Gasteiger partial charge in [-0.15, -0.1) is 0 Å². The number of esters is 1. The van der Waals surface area contributed by atoms with Crippen LogP contribution < -0.4 is 0 Å². The standard InChI is InChI=1S/C14H18ClNO5S/c1-14(2)9-16(6-7-21-14)22(18,19)12-5-4-10(8-11(12)15)13(17)20-3/h4-5,8H,6-7,9H2,1-3H3. The van der Waals surface area contributed by atoms with Crippen molar-refractivity contribution in [2.45, 2.75) is 24.3 Å². The zero-order valence-corrected chi connectivity index (χ0v) is 14.2. The number of ether oxygens (including phenoxy) is 2. The van der Waals surface area contributed by atoms with Gasteiger partial charge in [-0.05, 0) is 32.0 Å². The van der Waals surface area contributed by atoms with E-state index in [1.807, 2.05) is 13.8 Å². The molecule has 0 aromatic heterocycles. The molecule has 1 heterocycles. The predicted octanol–water partition coefficient (Wildman–Crippen LogP) is 1.93. The molecule has 0 radical (unpaired) electrons. The minimum absolute atomic E-state index is 0.00722. The molecule has 122 valence electrons. The Morgan fingerprint density at radius 2 is 2.09 bits per heavy atom. The second kappa shape index (κ2) is 6.16. The van der Waals surface area contributed by atoms with Crippen molar-refractivity contribution in [2.24, 2.45) is 0 Å². The van der Waals surface area contributed by atoms with E-state index in [-0.39, 0.29) is 28.6 Å². The van der Waals surface area contributed by atoms with Gasteiger partial charge >= 0.3 is 5.97 Å². The highest BCUT2D eigenvalue weighted by molar-refractivity contribution is 7.89. The van der Waals surface area contributed by atoms with Crippen molar-refractivity contribution in [2.75, 3.05) is 26.8 Å². The molecule has 1 aromatic carbocycles. The van der Waals surface area contributed by atoms with Gasteiger partial charge in [-0.25, -0.2) is 13.2 Å². The summed E-state index contributed by atoms with van der Waals surface area (Å²) in [5.74, 6) is -0.571. The minimum Gasteiger partial charge on any atom is -0.465 e. The van der Waals surface area contributed by atoms with E-state index in [0.717, 1.165) is 0 Å². The van der Waals surface area contributed by atoms with Gasteiger partial charge in [0.15, 0.2) is 0 Å². The molecule has 1 fully saturated rings. The molecule has 0 atom stereocenters. The van der Waals surface area contributed by atoms with Gasteiger partial charge in [-0.2, -0.15) is 4.31 Å². The van der Waals surface area contributed by atoms with Crippen LogP contribution in [0.1, 0.15) is 24.2 Å². The number of sulfonamides is 1. The summed E-state index contributed by atoms with van der Waals surface area (Å²) in [7, 11) is -2.50. The SMILES string of the molecule is COC(=O)c1ccc(S(=O)(=O)N2CCOC(C)(C)C2)c(Cl)c1. The lowest BCUT2D eigenvalue weighted by Crippen LogP contribution is -2.50. The fourth-order valence-corrected chi connectivity index (χ4v) is 4.36. The van der Waals surface area contributed by atoms with Crippen molar-refractivity contribution in [1.29, 1.82) is 0 Å². The number of methoxy groups -OCH3 is 1. The van der Waals surface area contributed by atoms with E-state index < -0.39 is 21.6 Å². The second-order valence-corrected chi connectivity index (χ2v) is 7.90. The molecular formula is C14H18ClNO5S. The number of rotatable bonds is 3. The maximum absolute atomic E-state index is 12.7. The molecule has 2 rings (SSSR count). The van der Waals surface area contributed by atoms with Crippen LogP contribution in [0.3, 0.4) is 0 Å². The highest BCUT2D eigenvalue weighted by atomic mass is 35.5. The Labute approximate surface area is 135 Å². The van der Waals surface area contributed by atoms with Crippen molar-refractivity contribution in [3.05, 3.63) is 28.8 Å². The summed E-state index contributed by atoms with van der Waals surface area (Å²) in [6.07, 6.45) is 0. The van der Waals surface area contributed by atoms with Crippen molar-refractivity contribution in [1.82, 2.24) is 4.31 Å². The number of morpholine rings is 1. The van der Waals surface area contributed by atoms with E-state index >= 15 is 0 Å². The van der Waals surface area contributed by atoms with E-state index in [1.165, 1.54) is 29.6 Å². The fraction of sp³-hybridized carbons (Fsp3) is 0.500. The third-order valence-corrected chi connectivity index (χ3v) is 5.69. The molecule has 8 heteroatoms. The molecule has 1 aliphatic rings. The van der Waals surface area contributed by atoms with Gasteiger partial charge in [-0.3, -0.25) is 0 Å². The molecule has 0 aliphatic carbocycles. The van der Waals surface area contributed by atoms with Crippen LogP contribution in [-0.4, -0.2) is 51.1 Å². The van der Waals surface area contributed by atoms with E-state index in [1.54, 1.807) is 0 Å². The van der Waals surface area contributed by atoms with Crippen LogP contribution in [0.4, 0.5) is 0 Å². The molecule has 1 saturated heterocycles. The maximum Gasteiger partial charge on any atom is 0.337 e. The smallest absolute Gasteiger partial charge is 0.337 e. The highest BCUT2D eigenvalue weighted by Gasteiger charge is 2.35. The van der Waals surface area contributed by atoms with E-state index in [2.05, 4.69) is 4.74 Å². The first-order valence-corrected chi connectivity index (χ1v) is 8.51. The maximum atomic E-state index is 12.7. The first-order chi connectivity index (χ1) is 10.2. The number of nitrogens with zero attached hydrogens (tertiary/aromatic N) is 1. The topological polar surface area (TPSA) is 72.9 Å². The zero-order chi connectivity index (χ0) is 16.5. The second-order valence-electron chi connectivity index (χ2n) is 5.58. The van der Waals surface area contributed by atoms with E-state index in [4.69, 9.17) is 16.3 Å². The van der Waals surface area contributed by atoms with Crippen LogP contribution in [-0.2, 0) is 19.5 Å². The molecular weight excluding hydrogens is 330 g/mol. The van der Waals surface area contributed by atoms with Gasteiger partial charge in [-0.1, -0.05) is 11.6 Å². The molecule has 0 amide bonds. The Balaban J connectivity index is 2.36. The van der Waals surface area contributed by atoms with Crippen molar-refractivity contribution >= 4 is 27.6 Å². The molecule has 1 aromatic rings. The lowest BCUT2D eigenvalue weighted by molar-refractivity contribution is -0.0640. The van der Waals surface area contributed by atoms with Crippen molar-refractivity contribution in [3.63, 3.8) is 0 Å². The normalized spacial score (nSPS) is 18.9. The van der Waals surface area contributed by atoms with E-state index in [0.29, 0.717) is 6.61 Å². The number of hydrogen-bond donors (Lipinski definition) is 0. The van der Waals surface area contributed by atoms with Crippen LogP contribution in [0, 0.1) is 0 Å². The van der Waals surface area contributed by atoms with Gasteiger partial charge in [0, 0.05) is 13.1 Å². The van der Waals surface area contributed by atoms with Crippen molar-refractivity contribution < 1.29 is 22.7 Å². The predicted molar refractivity (Wildman–Crippen MR) is 81.6 cm³/mol. The summed E-state index contributed by atoms with van der Waals surface area (Å²) in [5, 5.41) is -0.00722. The van der Waals surface area contributed by atoms with E-state index in [9.17, 15) is 13.2 Å². The Kier molecular flexibility index (Phi) is 4.81. The molecule has 22 heavy (non-hydrogen) atoms. The third kappa shape index (κ3) is 3.43. The Morgan fingerprint density at radius 1 is 1.41 bits per heavy atom. The average Bonchev–Trinajstić information content (AvgIpc) is 2.44. The zero-order valence-electron chi connectivity index (χ0n) is 12.6.